The van der Waals surface area contributed by atoms with Crippen molar-refractivity contribution in [2.75, 3.05) is 26.4 Å². The molecule has 0 bridgehead atoms. The summed E-state index contributed by atoms with van der Waals surface area (Å²) in [6.07, 6.45) is 6.25. The molecule has 5 nitrogen and oxygen atoms in total. The number of aliphatic carboxylic acids is 1. The highest BCUT2D eigenvalue weighted by Gasteiger charge is 2.25. The van der Waals surface area contributed by atoms with Crippen LogP contribution in [0.15, 0.2) is 58.3 Å². The molecule has 4 N–H and O–H groups in total. The molecule has 0 saturated carbocycles. The predicted molar refractivity (Wildman–Crippen MR) is 160 cm³/mol. The van der Waals surface area contributed by atoms with Gasteiger partial charge in [-0.25, -0.2) is 13.6 Å². The maximum atomic E-state index is 13.5. The summed E-state index contributed by atoms with van der Waals surface area (Å²) in [6.45, 7) is 10.6. The van der Waals surface area contributed by atoms with E-state index in [1.807, 2.05) is 33.0 Å². The molecule has 1 aliphatic heterocycles. The summed E-state index contributed by atoms with van der Waals surface area (Å²) in [5, 5.41) is 7.88. The fraction of sp³-hybridized carbons (Fsp3) is 0.552. The van der Waals surface area contributed by atoms with Crippen LogP contribution in [0.25, 0.3) is 0 Å². The van der Waals surface area contributed by atoms with E-state index in [1.54, 1.807) is 29.8 Å². The third-order valence-corrected chi connectivity index (χ3v) is 7.09. The Kier molecular flexibility index (Phi) is 19.4. The summed E-state index contributed by atoms with van der Waals surface area (Å²) < 4.78 is 28.5. The molecule has 2 aromatic rings. The highest BCUT2D eigenvalue weighted by atomic mass is 32.2. The highest BCUT2D eigenvalue weighted by molar-refractivity contribution is 7.98. The molecule has 9 heteroatoms. The highest BCUT2D eigenvalue weighted by Crippen LogP contribution is 2.20. The lowest BCUT2D eigenvalue weighted by molar-refractivity contribution is -0.148. The quantitative estimate of drug-likeness (QED) is 0.220. The molecule has 1 saturated heterocycles. The van der Waals surface area contributed by atoms with Crippen LogP contribution < -0.4 is 10.5 Å². The molecule has 0 spiro atoms. The second-order valence-corrected chi connectivity index (χ2v) is 11.1. The van der Waals surface area contributed by atoms with Gasteiger partial charge in [0.15, 0.2) is 0 Å². The topological polar surface area (TPSA) is 78.6 Å². The summed E-state index contributed by atoms with van der Waals surface area (Å²) >= 11 is 3.40. The molecule has 2 unspecified atom stereocenters. The van der Waals surface area contributed by atoms with Crippen molar-refractivity contribution in [2.45, 2.75) is 87.8 Å². The second kappa shape index (κ2) is 20.3. The maximum absolute atomic E-state index is 13.5. The molecular formula is C29H47F2N3O2S2. The first-order chi connectivity index (χ1) is 18.0. The van der Waals surface area contributed by atoms with Crippen LogP contribution >= 0.6 is 23.7 Å². The Hall–Kier alpha value is -1.65. The first-order valence-electron chi connectivity index (χ1n) is 13.1. The monoisotopic (exact) mass is 571 g/mol. The minimum atomic E-state index is -2.08. The molecular weight excluding hydrogens is 524 g/mol. The number of hydrogen-bond donors (Lipinski definition) is 3. The van der Waals surface area contributed by atoms with Crippen molar-refractivity contribution < 1.29 is 18.7 Å². The van der Waals surface area contributed by atoms with Crippen LogP contribution in [0.4, 0.5) is 8.78 Å². The number of halogens is 2. The van der Waals surface area contributed by atoms with Gasteiger partial charge in [0.25, 0.3) is 0 Å². The number of thioether (sulfide) groups is 1. The van der Waals surface area contributed by atoms with E-state index in [0.717, 1.165) is 25.8 Å². The Bertz CT molecular complexity index is 890. The summed E-state index contributed by atoms with van der Waals surface area (Å²) in [7, 11) is 1.92. The standard InChI is InChI=1S/C15H23FN2.C8H11NS2.C4H7FO2.C2H6/c1-12(18-8-4-5-9-18)10-14(17)11-13-6-2-3-7-15(13)16;1-9-11-8-5-3-7(10-2)4-6-8;1-4(2,5)3(6)7;1-2/h2-3,6-7,12,14H,4-5,8-11,17H2,1H3;3-6,9H,1-2H3;1-2H3,(H,6,7);1-2H3. The Balaban J connectivity index is 0.000000584. The van der Waals surface area contributed by atoms with Gasteiger partial charge in [-0.1, -0.05) is 32.0 Å². The van der Waals surface area contributed by atoms with Gasteiger partial charge in [-0.15, -0.1) is 11.8 Å². The molecule has 0 radical (unpaired) electrons. The van der Waals surface area contributed by atoms with E-state index in [0.29, 0.717) is 12.5 Å². The van der Waals surface area contributed by atoms with Crippen molar-refractivity contribution >= 4 is 29.7 Å². The van der Waals surface area contributed by atoms with E-state index in [-0.39, 0.29) is 11.9 Å². The Morgan fingerprint density at radius 2 is 1.61 bits per heavy atom. The van der Waals surface area contributed by atoms with Gasteiger partial charge in [-0.05, 0) is 121 Å². The van der Waals surface area contributed by atoms with Crippen molar-refractivity contribution in [3.05, 3.63) is 59.9 Å². The van der Waals surface area contributed by atoms with Crippen molar-refractivity contribution in [3.8, 4) is 0 Å². The number of hydrogen-bond acceptors (Lipinski definition) is 6. The first kappa shape index (κ1) is 36.4. The van der Waals surface area contributed by atoms with Crippen LogP contribution in [0.5, 0.6) is 0 Å². The summed E-state index contributed by atoms with van der Waals surface area (Å²) in [5.41, 5.74) is 4.80. The van der Waals surface area contributed by atoms with E-state index in [2.05, 4.69) is 47.1 Å². The molecule has 2 aromatic carbocycles. The van der Waals surface area contributed by atoms with Gasteiger partial charge in [0.1, 0.15) is 5.82 Å². The fourth-order valence-electron chi connectivity index (χ4n) is 3.56. The summed E-state index contributed by atoms with van der Waals surface area (Å²) in [4.78, 5) is 14.7. The van der Waals surface area contributed by atoms with Crippen LogP contribution in [-0.4, -0.2) is 60.1 Å². The SMILES string of the molecule is CC.CC(C)(F)C(=O)O.CC(CC(N)Cc1ccccc1F)N1CCCC1.CNSc1ccc(SC)cc1. The summed E-state index contributed by atoms with van der Waals surface area (Å²) in [5.74, 6) is -1.56. The Labute approximate surface area is 237 Å². The third kappa shape index (κ3) is 15.7. The lowest BCUT2D eigenvalue weighted by atomic mass is 10.00. The van der Waals surface area contributed by atoms with Gasteiger partial charge in [-0.2, -0.15) is 0 Å². The number of likely N-dealkylation sites (tertiary alicyclic amines) is 1. The molecule has 1 heterocycles. The number of nitrogens with two attached hydrogens (primary N) is 1. The average Bonchev–Trinajstić information content (AvgIpc) is 3.43. The van der Waals surface area contributed by atoms with Crippen LogP contribution in [0.2, 0.25) is 0 Å². The van der Waals surface area contributed by atoms with Gasteiger partial charge in [-0.3, -0.25) is 4.72 Å². The molecule has 38 heavy (non-hydrogen) atoms. The molecule has 0 aliphatic carbocycles. The minimum absolute atomic E-state index is 0.0394. The van der Waals surface area contributed by atoms with Crippen molar-refractivity contribution in [2.24, 2.45) is 5.73 Å². The molecule has 0 aromatic heterocycles. The molecule has 1 aliphatic rings. The van der Waals surface area contributed by atoms with Gasteiger partial charge >= 0.3 is 5.97 Å². The number of nitrogens with zero attached hydrogens (tertiary/aromatic N) is 1. The number of nitrogens with one attached hydrogen (secondary N) is 1. The molecule has 216 valence electrons. The largest absolute Gasteiger partial charge is 0.479 e. The van der Waals surface area contributed by atoms with E-state index in [4.69, 9.17) is 10.8 Å². The molecule has 0 amide bonds. The Morgan fingerprint density at radius 1 is 1.11 bits per heavy atom. The van der Waals surface area contributed by atoms with Gasteiger partial charge in [0.2, 0.25) is 5.67 Å². The first-order valence-corrected chi connectivity index (χ1v) is 15.1. The number of rotatable bonds is 9. The van der Waals surface area contributed by atoms with Crippen LogP contribution in [0.1, 0.15) is 59.4 Å². The number of benzene rings is 2. The van der Waals surface area contributed by atoms with Gasteiger partial charge in [0, 0.05) is 21.9 Å². The Morgan fingerprint density at radius 3 is 2.05 bits per heavy atom. The summed E-state index contributed by atoms with van der Waals surface area (Å²) in [6, 6.07) is 16.0. The zero-order chi connectivity index (χ0) is 29.1. The molecule has 1 fully saturated rings. The predicted octanol–water partition coefficient (Wildman–Crippen LogP) is 7.05. The lowest BCUT2D eigenvalue weighted by Gasteiger charge is -2.26. The van der Waals surface area contributed by atoms with E-state index in [9.17, 15) is 13.6 Å². The second-order valence-electron chi connectivity index (χ2n) is 9.14. The smallest absolute Gasteiger partial charge is 0.340 e. The molecule has 3 rings (SSSR count). The van der Waals surface area contributed by atoms with Crippen molar-refractivity contribution in [1.82, 2.24) is 9.62 Å². The van der Waals surface area contributed by atoms with Crippen LogP contribution in [0, 0.1) is 5.82 Å². The van der Waals surface area contributed by atoms with Gasteiger partial charge < -0.3 is 15.7 Å². The van der Waals surface area contributed by atoms with Gasteiger partial charge in [0.05, 0.1) is 0 Å². The van der Waals surface area contributed by atoms with E-state index < -0.39 is 11.6 Å². The van der Waals surface area contributed by atoms with Crippen LogP contribution in [-0.2, 0) is 11.2 Å². The van der Waals surface area contributed by atoms with Crippen LogP contribution in [0.3, 0.4) is 0 Å². The fourth-order valence-corrected chi connectivity index (χ4v) is 4.48. The maximum Gasteiger partial charge on any atom is 0.340 e. The van der Waals surface area contributed by atoms with E-state index >= 15 is 0 Å². The van der Waals surface area contributed by atoms with E-state index in [1.165, 1.54) is 41.8 Å². The van der Waals surface area contributed by atoms with Crippen molar-refractivity contribution in [3.63, 3.8) is 0 Å². The zero-order valence-corrected chi connectivity index (χ0v) is 25.6. The number of carbonyl (C=O) groups is 1. The number of carboxylic acids is 1. The number of alkyl halides is 1. The number of carboxylic acid groups (broad SMARTS) is 1. The normalized spacial score (nSPS) is 14.6. The minimum Gasteiger partial charge on any atom is -0.479 e. The van der Waals surface area contributed by atoms with Crippen molar-refractivity contribution in [1.29, 1.82) is 0 Å². The lowest BCUT2D eigenvalue weighted by Crippen LogP contribution is -2.37. The third-order valence-electron chi connectivity index (χ3n) is 5.64. The molecule has 2 atom stereocenters. The zero-order valence-electron chi connectivity index (χ0n) is 24.0. The average molecular weight is 572 g/mol.